The van der Waals surface area contributed by atoms with E-state index < -0.39 is 12.5 Å². The number of benzene rings is 1. The second-order valence-electron chi connectivity index (χ2n) is 2.42. The summed E-state index contributed by atoms with van der Waals surface area (Å²) in [5.74, 6) is -2.98. The van der Waals surface area contributed by atoms with Crippen LogP contribution in [-0.2, 0) is 5.92 Å². The monoisotopic (exact) mass is 191 g/mol. The van der Waals surface area contributed by atoms with Gasteiger partial charge in [-0.05, 0) is 12.1 Å². The molecule has 4 heteroatoms. The Kier molecular flexibility index (Phi) is 2.65. The van der Waals surface area contributed by atoms with E-state index in [0.29, 0.717) is 5.02 Å². The van der Waals surface area contributed by atoms with Crippen molar-refractivity contribution in [2.75, 3.05) is 6.54 Å². The van der Waals surface area contributed by atoms with Crippen LogP contribution in [0.3, 0.4) is 0 Å². The van der Waals surface area contributed by atoms with E-state index in [-0.39, 0.29) is 5.56 Å². The molecule has 0 unspecified atom stereocenters. The van der Waals surface area contributed by atoms with Crippen molar-refractivity contribution >= 4 is 11.6 Å². The third-order valence-electron chi connectivity index (χ3n) is 1.50. The lowest BCUT2D eigenvalue weighted by atomic mass is 10.1. The molecule has 0 aliphatic carbocycles. The Morgan fingerprint density at radius 3 is 2.58 bits per heavy atom. The maximum absolute atomic E-state index is 12.9. The highest BCUT2D eigenvalue weighted by molar-refractivity contribution is 6.30. The summed E-state index contributed by atoms with van der Waals surface area (Å²) >= 11 is 5.53. The van der Waals surface area contributed by atoms with E-state index in [2.05, 4.69) is 0 Å². The van der Waals surface area contributed by atoms with Crippen LogP contribution >= 0.6 is 11.6 Å². The van der Waals surface area contributed by atoms with Crippen molar-refractivity contribution in [2.24, 2.45) is 5.73 Å². The molecule has 1 nitrogen and oxygen atoms in total. The van der Waals surface area contributed by atoms with E-state index in [9.17, 15) is 8.78 Å². The molecule has 0 heterocycles. The van der Waals surface area contributed by atoms with Gasteiger partial charge in [0.15, 0.2) is 0 Å². The first-order valence-corrected chi connectivity index (χ1v) is 3.78. The molecule has 1 rings (SSSR count). The number of nitrogens with two attached hydrogens (primary N) is 1. The highest BCUT2D eigenvalue weighted by Crippen LogP contribution is 2.27. The van der Waals surface area contributed by atoms with Crippen molar-refractivity contribution < 1.29 is 8.78 Å². The number of hydrogen-bond acceptors (Lipinski definition) is 1. The van der Waals surface area contributed by atoms with Gasteiger partial charge < -0.3 is 5.73 Å². The average Bonchev–Trinajstić information content (AvgIpc) is 2.05. The van der Waals surface area contributed by atoms with Gasteiger partial charge in [0.2, 0.25) is 0 Å². The highest BCUT2D eigenvalue weighted by Gasteiger charge is 2.29. The van der Waals surface area contributed by atoms with Crippen molar-refractivity contribution in [3.63, 3.8) is 0 Å². The standard InChI is InChI=1S/C8H8ClF2N/c9-7-3-1-2-6(4-7)8(10,11)5-12/h1-4H,5,12H2. The number of alkyl halides is 2. The van der Waals surface area contributed by atoms with Crippen LogP contribution < -0.4 is 5.73 Å². The average molecular weight is 192 g/mol. The van der Waals surface area contributed by atoms with E-state index in [0.717, 1.165) is 0 Å². The lowest BCUT2D eigenvalue weighted by molar-refractivity contribution is 0.00596. The second-order valence-corrected chi connectivity index (χ2v) is 2.86. The molecule has 1 aromatic carbocycles. The maximum atomic E-state index is 12.9. The molecule has 0 saturated heterocycles. The van der Waals surface area contributed by atoms with Gasteiger partial charge in [0, 0.05) is 10.6 Å². The highest BCUT2D eigenvalue weighted by atomic mass is 35.5. The van der Waals surface area contributed by atoms with Crippen molar-refractivity contribution in [1.29, 1.82) is 0 Å². The predicted octanol–water partition coefficient (Wildman–Crippen LogP) is 2.39. The Morgan fingerprint density at radius 2 is 2.08 bits per heavy atom. The summed E-state index contributed by atoms with van der Waals surface area (Å²) in [6.07, 6.45) is 0. The zero-order chi connectivity index (χ0) is 9.19. The van der Waals surface area contributed by atoms with Crippen LogP contribution in [-0.4, -0.2) is 6.54 Å². The molecule has 66 valence electrons. The molecular weight excluding hydrogens is 184 g/mol. The van der Waals surface area contributed by atoms with Crippen LogP contribution in [0, 0.1) is 0 Å². The summed E-state index contributed by atoms with van der Waals surface area (Å²) in [5.41, 5.74) is 4.75. The van der Waals surface area contributed by atoms with Crippen LogP contribution in [0.15, 0.2) is 24.3 Å². The Morgan fingerprint density at radius 1 is 1.42 bits per heavy atom. The van der Waals surface area contributed by atoms with Gasteiger partial charge in [0.05, 0.1) is 6.54 Å². The minimum atomic E-state index is -2.98. The normalized spacial score (nSPS) is 11.7. The summed E-state index contributed by atoms with van der Waals surface area (Å²) in [6.45, 7) is -0.701. The quantitative estimate of drug-likeness (QED) is 0.763. The largest absolute Gasteiger partial charge is 0.325 e. The van der Waals surface area contributed by atoms with Gasteiger partial charge in [-0.15, -0.1) is 0 Å². The topological polar surface area (TPSA) is 26.0 Å². The van der Waals surface area contributed by atoms with Crippen LogP contribution in [0.25, 0.3) is 0 Å². The minimum absolute atomic E-state index is 0.141. The molecule has 1 aromatic rings. The zero-order valence-electron chi connectivity index (χ0n) is 6.23. The summed E-state index contributed by atoms with van der Waals surface area (Å²) in [6, 6.07) is 5.53. The Hall–Kier alpha value is -0.670. The van der Waals surface area contributed by atoms with Crippen molar-refractivity contribution in [3.8, 4) is 0 Å². The first kappa shape index (κ1) is 9.42. The van der Waals surface area contributed by atoms with Gasteiger partial charge in [-0.25, -0.2) is 0 Å². The lowest BCUT2D eigenvalue weighted by Gasteiger charge is -2.13. The smallest absolute Gasteiger partial charge is 0.285 e. The van der Waals surface area contributed by atoms with Gasteiger partial charge in [0.1, 0.15) is 0 Å². The van der Waals surface area contributed by atoms with Crippen molar-refractivity contribution in [2.45, 2.75) is 5.92 Å². The minimum Gasteiger partial charge on any atom is -0.325 e. The molecule has 0 aliphatic heterocycles. The number of rotatable bonds is 2. The predicted molar refractivity (Wildman–Crippen MR) is 44.4 cm³/mol. The van der Waals surface area contributed by atoms with Crippen LogP contribution in [0.5, 0.6) is 0 Å². The summed E-state index contributed by atoms with van der Waals surface area (Å²) in [5, 5.41) is 0.292. The second kappa shape index (κ2) is 3.37. The molecule has 0 spiro atoms. The van der Waals surface area contributed by atoms with Gasteiger partial charge in [-0.1, -0.05) is 23.7 Å². The molecule has 0 saturated carbocycles. The molecule has 0 atom stereocenters. The van der Waals surface area contributed by atoms with E-state index in [1.165, 1.54) is 24.3 Å². The first-order valence-electron chi connectivity index (χ1n) is 3.40. The molecular formula is C8H8ClF2N. The zero-order valence-corrected chi connectivity index (χ0v) is 6.98. The first-order chi connectivity index (χ1) is 5.56. The van der Waals surface area contributed by atoms with E-state index in [1.807, 2.05) is 0 Å². The van der Waals surface area contributed by atoms with Crippen LogP contribution in [0.2, 0.25) is 5.02 Å². The third kappa shape index (κ3) is 1.93. The van der Waals surface area contributed by atoms with Crippen LogP contribution in [0.1, 0.15) is 5.56 Å². The van der Waals surface area contributed by atoms with Gasteiger partial charge in [-0.2, -0.15) is 8.78 Å². The van der Waals surface area contributed by atoms with Gasteiger partial charge in [-0.3, -0.25) is 0 Å². The molecule has 0 bridgehead atoms. The summed E-state index contributed by atoms with van der Waals surface area (Å²) in [7, 11) is 0. The molecule has 0 aliphatic rings. The molecule has 2 N–H and O–H groups in total. The van der Waals surface area contributed by atoms with E-state index in [1.54, 1.807) is 0 Å². The fourth-order valence-corrected chi connectivity index (χ4v) is 1.02. The molecule has 0 amide bonds. The fourth-order valence-electron chi connectivity index (χ4n) is 0.834. The van der Waals surface area contributed by atoms with E-state index >= 15 is 0 Å². The molecule has 0 radical (unpaired) electrons. The van der Waals surface area contributed by atoms with Gasteiger partial charge >= 0.3 is 0 Å². The van der Waals surface area contributed by atoms with Crippen molar-refractivity contribution in [1.82, 2.24) is 0 Å². The molecule has 0 fully saturated rings. The Labute approximate surface area is 74.1 Å². The summed E-state index contributed by atoms with van der Waals surface area (Å²) in [4.78, 5) is 0. The maximum Gasteiger partial charge on any atom is 0.285 e. The SMILES string of the molecule is NCC(F)(F)c1cccc(Cl)c1. The number of hydrogen-bond donors (Lipinski definition) is 1. The Balaban J connectivity index is 3.03. The lowest BCUT2D eigenvalue weighted by Crippen LogP contribution is -2.24. The fraction of sp³-hybridized carbons (Fsp3) is 0.250. The van der Waals surface area contributed by atoms with Crippen LogP contribution in [0.4, 0.5) is 8.78 Å². The van der Waals surface area contributed by atoms with E-state index in [4.69, 9.17) is 17.3 Å². The molecule has 0 aromatic heterocycles. The third-order valence-corrected chi connectivity index (χ3v) is 1.74. The molecule has 12 heavy (non-hydrogen) atoms. The summed E-state index contributed by atoms with van der Waals surface area (Å²) < 4.78 is 25.8. The van der Waals surface area contributed by atoms with Crippen molar-refractivity contribution in [3.05, 3.63) is 34.9 Å². The number of halogens is 3. The van der Waals surface area contributed by atoms with Gasteiger partial charge in [0.25, 0.3) is 5.92 Å². The Bertz CT molecular complexity index is 276.